The van der Waals surface area contributed by atoms with Crippen molar-refractivity contribution in [1.82, 2.24) is 0 Å². The predicted octanol–water partition coefficient (Wildman–Crippen LogP) is 3.39. The first-order valence-electron chi connectivity index (χ1n) is 7.14. The Bertz CT molecular complexity index is 275. The van der Waals surface area contributed by atoms with E-state index in [9.17, 15) is 5.11 Å². The Morgan fingerprint density at radius 1 is 1.06 bits per heavy atom. The number of fused-ring (bicyclic) bond motifs is 2. The van der Waals surface area contributed by atoms with Crippen LogP contribution in [-0.4, -0.2) is 11.2 Å². The maximum absolute atomic E-state index is 10.0. The van der Waals surface area contributed by atoms with Gasteiger partial charge in [-0.3, -0.25) is 0 Å². The van der Waals surface area contributed by atoms with Crippen molar-refractivity contribution in [2.75, 3.05) is 0 Å². The summed E-state index contributed by atoms with van der Waals surface area (Å²) in [4.78, 5) is 0. The molecule has 5 atom stereocenters. The lowest BCUT2D eigenvalue weighted by molar-refractivity contribution is 0.0465. The fourth-order valence-corrected chi connectivity index (χ4v) is 4.76. The molecule has 0 heterocycles. The van der Waals surface area contributed by atoms with Gasteiger partial charge >= 0.3 is 0 Å². The quantitative estimate of drug-likeness (QED) is 0.707. The van der Waals surface area contributed by atoms with Crippen LogP contribution in [0.3, 0.4) is 0 Å². The van der Waals surface area contributed by atoms with Crippen LogP contribution in [0.25, 0.3) is 0 Å². The summed E-state index contributed by atoms with van der Waals surface area (Å²) in [7, 11) is 0. The summed E-state index contributed by atoms with van der Waals surface area (Å²) in [6.07, 6.45) is 13.2. The molecule has 16 heavy (non-hydrogen) atoms. The van der Waals surface area contributed by atoms with Gasteiger partial charge in [0.1, 0.15) is 0 Å². The van der Waals surface area contributed by atoms with Crippen molar-refractivity contribution in [2.45, 2.75) is 51.6 Å². The first-order valence-corrected chi connectivity index (χ1v) is 7.14. The normalized spacial score (nSPS) is 45.1. The lowest BCUT2D eigenvalue weighted by atomic mass is 9.68. The fraction of sp³-hybridized carbons (Fsp3) is 0.867. The Balaban J connectivity index is 1.79. The summed E-state index contributed by atoms with van der Waals surface area (Å²) in [5, 5.41) is 10.0. The molecule has 0 radical (unpaired) electrons. The summed E-state index contributed by atoms with van der Waals surface area (Å²) in [5.74, 6) is 3.77. The average molecular weight is 220 g/mol. The van der Waals surface area contributed by atoms with Crippen LogP contribution in [0.2, 0.25) is 0 Å². The summed E-state index contributed by atoms with van der Waals surface area (Å²) >= 11 is 0. The minimum Gasteiger partial charge on any atom is -0.393 e. The second kappa shape index (κ2) is 4.18. The molecule has 0 saturated heterocycles. The molecule has 3 aliphatic rings. The van der Waals surface area contributed by atoms with Crippen molar-refractivity contribution in [3.8, 4) is 0 Å². The highest BCUT2D eigenvalue weighted by atomic mass is 16.3. The van der Waals surface area contributed by atoms with Crippen molar-refractivity contribution in [2.24, 2.45) is 29.6 Å². The maximum atomic E-state index is 10.0. The lowest BCUT2D eigenvalue weighted by Crippen LogP contribution is -2.34. The minimum atomic E-state index is -0.105. The Kier molecular flexibility index (Phi) is 2.83. The molecule has 1 N–H and O–H groups in total. The highest BCUT2D eigenvalue weighted by Gasteiger charge is 2.49. The molecular formula is C15H24O. The van der Waals surface area contributed by atoms with E-state index in [0.29, 0.717) is 11.8 Å². The third-order valence-corrected chi connectivity index (χ3v) is 5.33. The molecule has 1 heteroatoms. The predicted molar refractivity (Wildman–Crippen MR) is 66.0 cm³/mol. The van der Waals surface area contributed by atoms with Crippen LogP contribution in [0.5, 0.6) is 0 Å². The molecule has 0 aromatic heterocycles. The number of aliphatic hydroxyl groups excluding tert-OH is 1. The second-order valence-electron chi connectivity index (χ2n) is 6.24. The van der Waals surface area contributed by atoms with Gasteiger partial charge in [-0.05, 0) is 42.9 Å². The van der Waals surface area contributed by atoms with E-state index in [2.05, 4.69) is 12.2 Å². The van der Waals surface area contributed by atoms with Gasteiger partial charge in [-0.15, -0.1) is 0 Å². The standard InChI is InChI=1S/C15H24O/c1-10(16)14-12-7-8-13(9-12)15(14)11-5-3-2-4-6-11/h7-8,10-16H,2-6,9H2,1H3. The van der Waals surface area contributed by atoms with Crippen LogP contribution in [0, 0.1) is 29.6 Å². The first-order chi connectivity index (χ1) is 7.77. The van der Waals surface area contributed by atoms with Crippen LogP contribution < -0.4 is 0 Å². The van der Waals surface area contributed by atoms with Crippen molar-refractivity contribution in [1.29, 1.82) is 0 Å². The van der Waals surface area contributed by atoms with Gasteiger partial charge in [0.05, 0.1) is 6.10 Å². The molecular weight excluding hydrogens is 196 g/mol. The molecule has 0 aliphatic heterocycles. The van der Waals surface area contributed by atoms with Gasteiger partial charge in [0.2, 0.25) is 0 Å². The van der Waals surface area contributed by atoms with E-state index in [1.807, 2.05) is 6.92 Å². The largest absolute Gasteiger partial charge is 0.393 e. The van der Waals surface area contributed by atoms with Crippen LogP contribution in [0.1, 0.15) is 45.4 Å². The van der Waals surface area contributed by atoms with Crippen molar-refractivity contribution < 1.29 is 5.11 Å². The monoisotopic (exact) mass is 220 g/mol. The zero-order valence-electron chi connectivity index (χ0n) is 10.3. The number of allylic oxidation sites excluding steroid dienone is 2. The Labute approximate surface area is 98.9 Å². The van der Waals surface area contributed by atoms with Gasteiger partial charge in [-0.25, -0.2) is 0 Å². The Morgan fingerprint density at radius 2 is 1.75 bits per heavy atom. The third kappa shape index (κ3) is 1.64. The molecule has 0 spiro atoms. The van der Waals surface area contributed by atoms with E-state index in [1.54, 1.807) is 0 Å². The number of hydrogen-bond donors (Lipinski definition) is 1. The zero-order valence-corrected chi connectivity index (χ0v) is 10.3. The van der Waals surface area contributed by atoms with E-state index in [1.165, 1.54) is 38.5 Å². The number of hydrogen-bond acceptors (Lipinski definition) is 1. The third-order valence-electron chi connectivity index (χ3n) is 5.33. The van der Waals surface area contributed by atoms with E-state index < -0.39 is 0 Å². The van der Waals surface area contributed by atoms with Gasteiger partial charge < -0.3 is 5.11 Å². The maximum Gasteiger partial charge on any atom is 0.0548 e. The zero-order chi connectivity index (χ0) is 11.1. The summed E-state index contributed by atoms with van der Waals surface area (Å²) < 4.78 is 0. The van der Waals surface area contributed by atoms with Crippen molar-refractivity contribution >= 4 is 0 Å². The SMILES string of the molecule is CC(O)C1C2C=CC(C2)C1C1CCCCC1. The topological polar surface area (TPSA) is 20.2 Å². The van der Waals surface area contributed by atoms with Crippen LogP contribution in [0.4, 0.5) is 0 Å². The van der Waals surface area contributed by atoms with Crippen LogP contribution >= 0.6 is 0 Å². The molecule has 2 saturated carbocycles. The fourth-order valence-electron chi connectivity index (χ4n) is 4.76. The molecule has 1 nitrogen and oxygen atoms in total. The van der Waals surface area contributed by atoms with Crippen LogP contribution in [0.15, 0.2) is 12.2 Å². The van der Waals surface area contributed by atoms with E-state index >= 15 is 0 Å². The lowest BCUT2D eigenvalue weighted by Gasteiger charge is -2.38. The van der Waals surface area contributed by atoms with E-state index in [0.717, 1.165) is 17.8 Å². The molecule has 3 aliphatic carbocycles. The highest BCUT2D eigenvalue weighted by Crippen LogP contribution is 2.54. The van der Waals surface area contributed by atoms with Gasteiger partial charge in [-0.2, -0.15) is 0 Å². The molecule has 0 amide bonds. The summed E-state index contributed by atoms with van der Waals surface area (Å²) in [6, 6.07) is 0. The molecule has 2 fully saturated rings. The first kappa shape index (κ1) is 10.8. The van der Waals surface area contributed by atoms with Crippen LogP contribution in [-0.2, 0) is 0 Å². The molecule has 5 unspecified atom stereocenters. The van der Waals surface area contributed by atoms with E-state index in [-0.39, 0.29) is 6.10 Å². The summed E-state index contributed by atoms with van der Waals surface area (Å²) in [6.45, 7) is 2.01. The van der Waals surface area contributed by atoms with E-state index in [4.69, 9.17) is 0 Å². The highest BCUT2D eigenvalue weighted by molar-refractivity contribution is 5.15. The smallest absolute Gasteiger partial charge is 0.0548 e. The number of aliphatic hydroxyl groups is 1. The van der Waals surface area contributed by atoms with Crippen molar-refractivity contribution in [3.63, 3.8) is 0 Å². The molecule has 0 aromatic carbocycles. The average Bonchev–Trinajstić information content (AvgIpc) is 2.89. The second-order valence-corrected chi connectivity index (χ2v) is 6.24. The summed E-state index contributed by atoms with van der Waals surface area (Å²) in [5.41, 5.74) is 0. The molecule has 0 aromatic rings. The Morgan fingerprint density at radius 3 is 2.44 bits per heavy atom. The molecule has 90 valence electrons. The van der Waals surface area contributed by atoms with Crippen molar-refractivity contribution in [3.05, 3.63) is 12.2 Å². The minimum absolute atomic E-state index is 0.105. The number of rotatable bonds is 2. The molecule has 2 bridgehead atoms. The Hall–Kier alpha value is -0.300. The molecule has 3 rings (SSSR count). The van der Waals surface area contributed by atoms with Gasteiger partial charge in [0.15, 0.2) is 0 Å². The van der Waals surface area contributed by atoms with Gasteiger partial charge in [0, 0.05) is 0 Å². The van der Waals surface area contributed by atoms with Gasteiger partial charge in [0.25, 0.3) is 0 Å². The van der Waals surface area contributed by atoms with Gasteiger partial charge in [-0.1, -0.05) is 44.3 Å².